The molecule has 2 N–H and O–H groups in total. The van der Waals surface area contributed by atoms with Gasteiger partial charge in [0.1, 0.15) is 11.3 Å². The summed E-state index contributed by atoms with van der Waals surface area (Å²) in [5, 5.41) is 14.0. The molecule has 0 aliphatic rings. The van der Waals surface area contributed by atoms with Crippen molar-refractivity contribution in [2.45, 2.75) is 58.4 Å². The van der Waals surface area contributed by atoms with Crippen molar-refractivity contribution in [3.05, 3.63) is 68.9 Å². The van der Waals surface area contributed by atoms with Gasteiger partial charge in [0.2, 0.25) is 0 Å². The molecule has 6 heteroatoms. The normalized spacial score (nSPS) is 11.0. The first-order valence-corrected chi connectivity index (χ1v) is 11.7. The molecule has 2 aromatic carbocycles. The van der Waals surface area contributed by atoms with Crippen molar-refractivity contribution in [2.75, 3.05) is 5.32 Å². The summed E-state index contributed by atoms with van der Waals surface area (Å²) in [6, 6.07) is 14.3. The molecule has 5 nitrogen and oxygen atoms in total. The van der Waals surface area contributed by atoms with Gasteiger partial charge in [0.05, 0.1) is 5.52 Å². The van der Waals surface area contributed by atoms with Crippen LogP contribution in [0.2, 0.25) is 0 Å². The summed E-state index contributed by atoms with van der Waals surface area (Å²) >= 11 is 3.37. The van der Waals surface area contributed by atoms with Gasteiger partial charge in [-0.15, -0.1) is 0 Å². The number of aromatic nitrogens is 1. The predicted octanol–water partition coefficient (Wildman–Crippen LogP) is 6.47. The molecular weight excluding hydrogens is 456 g/mol. The molecule has 0 bridgehead atoms. The van der Waals surface area contributed by atoms with Crippen LogP contribution in [0.1, 0.15) is 62.2 Å². The number of para-hydroxylation sites is 1. The average molecular weight is 485 g/mol. The van der Waals surface area contributed by atoms with E-state index in [-0.39, 0.29) is 11.3 Å². The van der Waals surface area contributed by atoms with Crippen molar-refractivity contribution in [3.8, 4) is 5.75 Å². The maximum atomic E-state index is 13.2. The molecule has 1 heterocycles. The molecule has 0 unspecified atom stereocenters. The lowest BCUT2D eigenvalue weighted by Crippen LogP contribution is -2.30. The number of hydrogen-bond acceptors (Lipinski definition) is 3. The van der Waals surface area contributed by atoms with Gasteiger partial charge in [0.15, 0.2) is 0 Å². The molecule has 164 valence electrons. The number of aryl methyl sites for hydroxylation is 1. The van der Waals surface area contributed by atoms with Crippen LogP contribution in [0.4, 0.5) is 5.69 Å². The summed E-state index contributed by atoms with van der Waals surface area (Å²) in [6.07, 6.45) is 7.97. The Morgan fingerprint density at radius 3 is 2.45 bits per heavy atom. The number of nitrogens with zero attached hydrogens (tertiary/aromatic N) is 1. The minimum Gasteiger partial charge on any atom is -0.506 e. The van der Waals surface area contributed by atoms with Crippen LogP contribution in [0.25, 0.3) is 10.9 Å². The number of fused-ring (bicyclic) bond motifs is 1. The highest BCUT2D eigenvalue weighted by molar-refractivity contribution is 9.10. The van der Waals surface area contributed by atoms with E-state index in [4.69, 9.17) is 0 Å². The summed E-state index contributed by atoms with van der Waals surface area (Å²) in [4.78, 5) is 26.2. The number of carbonyl (C=O) groups excluding carboxylic acids is 1. The van der Waals surface area contributed by atoms with Gasteiger partial charge in [-0.3, -0.25) is 9.59 Å². The van der Waals surface area contributed by atoms with E-state index in [0.29, 0.717) is 23.1 Å². The molecule has 0 fully saturated rings. The SMILES string of the molecule is CCCCCCCCCn1c(=O)c(C(=O)Nc2cccc(Br)c2)c(O)c2ccccc21. The standard InChI is InChI=1S/C25H29BrN2O3/c1-2-3-4-5-6-7-10-16-28-21-15-9-8-14-20(21)23(29)22(25(28)31)24(30)27-19-13-11-12-18(26)17-19/h8-9,11-15,17,29H,2-7,10,16H2,1H3,(H,27,30). The van der Waals surface area contributed by atoms with Crippen molar-refractivity contribution >= 4 is 38.4 Å². The number of carbonyl (C=O) groups is 1. The molecule has 31 heavy (non-hydrogen) atoms. The fourth-order valence-corrected chi connectivity index (χ4v) is 4.20. The Balaban J connectivity index is 1.86. The second kappa shape index (κ2) is 11.1. The van der Waals surface area contributed by atoms with Crippen LogP contribution in [0.5, 0.6) is 5.75 Å². The summed E-state index contributed by atoms with van der Waals surface area (Å²) in [6.45, 7) is 2.72. The van der Waals surface area contributed by atoms with E-state index >= 15 is 0 Å². The lowest BCUT2D eigenvalue weighted by atomic mass is 10.1. The molecule has 3 aromatic rings. The molecule has 1 amide bonds. The summed E-state index contributed by atoms with van der Waals surface area (Å²) in [7, 11) is 0. The Hall–Kier alpha value is -2.60. The Morgan fingerprint density at radius 2 is 1.71 bits per heavy atom. The van der Waals surface area contributed by atoms with E-state index in [1.165, 1.54) is 25.7 Å². The molecule has 0 aliphatic carbocycles. The molecule has 0 spiro atoms. The van der Waals surface area contributed by atoms with Crippen molar-refractivity contribution in [3.63, 3.8) is 0 Å². The second-order valence-electron chi connectivity index (χ2n) is 7.78. The highest BCUT2D eigenvalue weighted by Crippen LogP contribution is 2.27. The Labute approximate surface area is 191 Å². The fraction of sp³-hybridized carbons (Fsp3) is 0.360. The lowest BCUT2D eigenvalue weighted by molar-refractivity contribution is 0.102. The predicted molar refractivity (Wildman–Crippen MR) is 130 cm³/mol. The van der Waals surface area contributed by atoms with E-state index in [0.717, 1.165) is 23.7 Å². The van der Waals surface area contributed by atoms with E-state index in [1.54, 1.807) is 34.9 Å². The van der Waals surface area contributed by atoms with Gasteiger partial charge in [-0.25, -0.2) is 0 Å². The number of aromatic hydroxyl groups is 1. The van der Waals surface area contributed by atoms with E-state index < -0.39 is 11.5 Å². The number of halogens is 1. The van der Waals surface area contributed by atoms with Gasteiger partial charge >= 0.3 is 0 Å². The maximum absolute atomic E-state index is 13.2. The van der Waals surface area contributed by atoms with E-state index in [1.807, 2.05) is 18.2 Å². The van der Waals surface area contributed by atoms with Crippen LogP contribution < -0.4 is 10.9 Å². The Bertz CT molecular complexity index is 1110. The third-order valence-electron chi connectivity index (χ3n) is 5.44. The minimum atomic E-state index is -0.611. The summed E-state index contributed by atoms with van der Waals surface area (Å²) in [5.74, 6) is -0.886. The number of amides is 1. The van der Waals surface area contributed by atoms with Crippen LogP contribution >= 0.6 is 15.9 Å². The largest absolute Gasteiger partial charge is 0.506 e. The number of unbranched alkanes of at least 4 members (excludes halogenated alkanes) is 6. The van der Waals surface area contributed by atoms with Gasteiger partial charge in [-0.2, -0.15) is 0 Å². The van der Waals surface area contributed by atoms with Crippen molar-refractivity contribution in [1.29, 1.82) is 0 Å². The number of rotatable bonds is 10. The summed E-state index contributed by atoms with van der Waals surface area (Å²) < 4.78 is 2.43. The Morgan fingerprint density at radius 1 is 1.00 bits per heavy atom. The lowest BCUT2D eigenvalue weighted by Gasteiger charge is -2.15. The zero-order chi connectivity index (χ0) is 22.2. The number of pyridine rings is 1. The van der Waals surface area contributed by atoms with Crippen molar-refractivity contribution in [1.82, 2.24) is 4.57 Å². The molecule has 0 saturated heterocycles. The van der Waals surface area contributed by atoms with Crippen LogP contribution in [-0.2, 0) is 6.54 Å². The number of hydrogen-bond donors (Lipinski definition) is 2. The van der Waals surface area contributed by atoms with Crippen molar-refractivity contribution in [2.24, 2.45) is 0 Å². The molecule has 0 saturated carbocycles. The highest BCUT2D eigenvalue weighted by atomic mass is 79.9. The third kappa shape index (κ3) is 5.76. The van der Waals surface area contributed by atoms with Crippen LogP contribution in [-0.4, -0.2) is 15.6 Å². The quantitative estimate of drug-likeness (QED) is 0.323. The molecule has 0 atom stereocenters. The molecular formula is C25H29BrN2O3. The highest BCUT2D eigenvalue weighted by Gasteiger charge is 2.22. The monoisotopic (exact) mass is 484 g/mol. The number of nitrogens with one attached hydrogen (secondary N) is 1. The fourth-order valence-electron chi connectivity index (χ4n) is 3.80. The van der Waals surface area contributed by atoms with E-state index in [2.05, 4.69) is 28.2 Å². The molecule has 3 rings (SSSR count). The van der Waals surface area contributed by atoms with Crippen LogP contribution in [0.3, 0.4) is 0 Å². The van der Waals surface area contributed by atoms with E-state index in [9.17, 15) is 14.7 Å². The molecule has 0 radical (unpaired) electrons. The zero-order valence-electron chi connectivity index (χ0n) is 17.9. The minimum absolute atomic E-state index is 0.221. The summed E-state index contributed by atoms with van der Waals surface area (Å²) in [5.41, 5.74) is 0.510. The average Bonchev–Trinajstić information content (AvgIpc) is 2.75. The van der Waals surface area contributed by atoms with Gasteiger partial charge in [-0.1, -0.05) is 79.6 Å². The molecule has 1 aromatic heterocycles. The van der Waals surface area contributed by atoms with Crippen LogP contribution in [0, 0.1) is 0 Å². The number of benzene rings is 2. The van der Waals surface area contributed by atoms with Gasteiger partial charge < -0.3 is 15.0 Å². The first-order chi connectivity index (χ1) is 15.0. The Kier molecular flexibility index (Phi) is 8.29. The third-order valence-corrected chi connectivity index (χ3v) is 5.93. The van der Waals surface area contributed by atoms with Gasteiger partial charge in [0.25, 0.3) is 11.5 Å². The second-order valence-corrected chi connectivity index (χ2v) is 8.70. The maximum Gasteiger partial charge on any atom is 0.267 e. The smallest absolute Gasteiger partial charge is 0.267 e. The first kappa shape index (κ1) is 23.1. The molecule has 0 aliphatic heterocycles. The topological polar surface area (TPSA) is 71.3 Å². The van der Waals surface area contributed by atoms with Gasteiger partial charge in [-0.05, 0) is 36.8 Å². The first-order valence-electron chi connectivity index (χ1n) is 10.9. The van der Waals surface area contributed by atoms with Crippen LogP contribution in [0.15, 0.2) is 57.8 Å². The number of anilines is 1. The zero-order valence-corrected chi connectivity index (χ0v) is 19.5. The van der Waals surface area contributed by atoms with Gasteiger partial charge in [0, 0.05) is 22.1 Å². The van der Waals surface area contributed by atoms with Crippen molar-refractivity contribution < 1.29 is 9.90 Å².